The van der Waals surface area contributed by atoms with Crippen molar-refractivity contribution in [1.29, 1.82) is 0 Å². The van der Waals surface area contributed by atoms with Gasteiger partial charge in [-0.1, -0.05) is 6.42 Å². The number of nitrogens with zero attached hydrogens (tertiary/aromatic N) is 1. The maximum Gasteiger partial charge on any atom is 0.256 e. The molecule has 4 nitrogen and oxygen atoms in total. The van der Waals surface area contributed by atoms with E-state index in [0.717, 1.165) is 25.8 Å². The van der Waals surface area contributed by atoms with E-state index in [1.807, 2.05) is 0 Å². The fourth-order valence-corrected chi connectivity index (χ4v) is 1.01. The minimum absolute atomic E-state index is 0.181. The van der Waals surface area contributed by atoms with E-state index in [1.165, 1.54) is 0 Å². The summed E-state index contributed by atoms with van der Waals surface area (Å²) < 4.78 is 7.95. The average Bonchev–Trinajstić information content (AvgIpc) is 2.16. The van der Waals surface area contributed by atoms with E-state index in [2.05, 4.69) is 22.1 Å². The van der Waals surface area contributed by atoms with Crippen molar-refractivity contribution in [3.8, 4) is 0 Å². The lowest BCUT2D eigenvalue weighted by molar-refractivity contribution is -0.117. The second kappa shape index (κ2) is 9.70. The van der Waals surface area contributed by atoms with Crippen LogP contribution in [0.25, 0.3) is 0 Å². The molecule has 0 unspecified atom stereocenters. The highest BCUT2D eigenvalue weighted by Crippen LogP contribution is 1.99. The molecule has 0 radical (unpaired) electrons. The van der Waals surface area contributed by atoms with Crippen LogP contribution in [-0.2, 0) is 22.0 Å². The predicted octanol–water partition coefficient (Wildman–Crippen LogP) is 0.997. The van der Waals surface area contributed by atoms with Gasteiger partial charge in [0.15, 0.2) is 0 Å². The van der Waals surface area contributed by atoms with Crippen LogP contribution in [0, 0.1) is 0 Å². The highest BCUT2D eigenvalue weighted by Gasteiger charge is 1.96. The molecule has 0 aromatic rings. The lowest BCUT2D eigenvalue weighted by Gasteiger charge is -2.01. The molecule has 1 amide bonds. The normalized spacial score (nSPS) is 9.92. The van der Waals surface area contributed by atoms with Gasteiger partial charge in [0.2, 0.25) is 0 Å². The second-order valence-corrected chi connectivity index (χ2v) is 2.91. The third-order valence-corrected chi connectivity index (χ3v) is 1.80. The highest BCUT2D eigenvalue weighted by atomic mass is 32.1. The first-order valence-electron chi connectivity index (χ1n) is 4.37. The van der Waals surface area contributed by atoms with E-state index >= 15 is 0 Å². The summed E-state index contributed by atoms with van der Waals surface area (Å²) in [4.78, 5) is 10.6. The summed E-state index contributed by atoms with van der Waals surface area (Å²) >= 11 is 4.26. The van der Waals surface area contributed by atoms with Gasteiger partial charge in [0, 0.05) is 26.0 Å². The predicted molar refractivity (Wildman–Crippen MR) is 53.1 cm³/mol. The van der Waals surface area contributed by atoms with Gasteiger partial charge in [-0.3, -0.25) is 10.1 Å². The van der Waals surface area contributed by atoms with Gasteiger partial charge < -0.3 is 4.74 Å². The molecule has 0 aliphatic rings. The summed E-state index contributed by atoms with van der Waals surface area (Å²) in [6, 6.07) is 0. The van der Waals surface area contributed by atoms with Crippen molar-refractivity contribution < 1.29 is 9.53 Å². The number of hydrogen-bond donors (Lipinski definition) is 1. The molecule has 1 N–H and O–H groups in total. The molecule has 0 heterocycles. The molecule has 13 heavy (non-hydrogen) atoms. The third-order valence-electron chi connectivity index (χ3n) is 1.59. The summed E-state index contributed by atoms with van der Waals surface area (Å²) in [6.45, 7) is 1.51. The first-order chi connectivity index (χ1) is 6.31. The minimum Gasteiger partial charge on any atom is -0.370 e. The zero-order valence-corrected chi connectivity index (χ0v) is 8.73. The molecule has 0 aromatic heterocycles. The Bertz CT molecular complexity index is 153. The molecule has 0 aliphatic heterocycles. The quantitative estimate of drug-likeness (QED) is 0.473. The summed E-state index contributed by atoms with van der Waals surface area (Å²) in [5, 5.41) is 3.09. The van der Waals surface area contributed by atoms with Gasteiger partial charge in [-0.2, -0.15) is 0 Å². The topological polar surface area (TPSA) is 50.7 Å². The minimum atomic E-state index is -0.181. The Morgan fingerprint density at radius 1 is 1.46 bits per heavy atom. The van der Waals surface area contributed by atoms with Gasteiger partial charge in [-0.25, -0.2) is 0 Å². The van der Waals surface area contributed by atoms with Gasteiger partial charge in [-0.05, 0) is 19.4 Å². The second-order valence-electron chi connectivity index (χ2n) is 2.73. The molecule has 0 aliphatic carbocycles. The van der Waals surface area contributed by atoms with Crippen LogP contribution in [0.4, 0.5) is 0 Å². The molecule has 0 saturated heterocycles. The Kier molecular flexibility index (Phi) is 9.41. The maximum absolute atomic E-state index is 10.6. The smallest absolute Gasteiger partial charge is 0.256 e. The van der Waals surface area contributed by atoms with Gasteiger partial charge in [0.1, 0.15) is 0 Å². The van der Waals surface area contributed by atoms with E-state index in [1.54, 1.807) is 7.11 Å². The van der Waals surface area contributed by atoms with Crippen molar-refractivity contribution in [3.63, 3.8) is 0 Å². The lowest BCUT2D eigenvalue weighted by atomic mass is 10.2. The van der Waals surface area contributed by atoms with Crippen molar-refractivity contribution in [2.45, 2.75) is 25.7 Å². The molecule has 0 aromatic carbocycles. The first kappa shape index (κ1) is 12.6. The molecule has 5 heteroatoms. The maximum atomic E-state index is 10.6. The fraction of sp³-hybridized carbons (Fsp3) is 0.875. The van der Waals surface area contributed by atoms with Crippen molar-refractivity contribution in [1.82, 2.24) is 5.32 Å². The number of rotatable bonds is 8. The van der Waals surface area contributed by atoms with Gasteiger partial charge in [0.05, 0.1) is 6.73 Å². The molecule has 76 valence electrons. The summed E-state index contributed by atoms with van der Waals surface area (Å²) in [5.74, 6) is -0.181. The van der Waals surface area contributed by atoms with Crippen molar-refractivity contribution in [2.24, 2.45) is 4.36 Å². The van der Waals surface area contributed by atoms with Crippen LogP contribution in [0.1, 0.15) is 25.7 Å². The zero-order chi connectivity index (χ0) is 9.94. The third kappa shape index (κ3) is 9.52. The van der Waals surface area contributed by atoms with Crippen LogP contribution in [0.3, 0.4) is 0 Å². The van der Waals surface area contributed by atoms with Crippen molar-refractivity contribution >= 4 is 18.3 Å². The van der Waals surface area contributed by atoms with Crippen molar-refractivity contribution in [3.05, 3.63) is 0 Å². The highest BCUT2D eigenvalue weighted by molar-refractivity contribution is 7.47. The molecule has 0 spiro atoms. The zero-order valence-electron chi connectivity index (χ0n) is 7.91. The molecule has 0 bridgehead atoms. The molecule has 0 saturated carbocycles. The monoisotopic (exact) mass is 204 g/mol. The number of hydrogen-bond acceptors (Lipinski definition) is 4. The Morgan fingerprint density at radius 2 is 2.23 bits per heavy atom. The fourth-order valence-electron chi connectivity index (χ4n) is 0.923. The number of amides is 1. The van der Waals surface area contributed by atoms with Gasteiger partial charge in [0.25, 0.3) is 5.91 Å². The van der Waals surface area contributed by atoms with Crippen LogP contribution in [0.5, 0.6) is 0 Å². The summed E-state index contributed by atoms with van der Waals surface area (Å²) in [5.41, 5.74) is 0. The standard InChI is InChI=1S/C8H16N2O2S/c1-12-7-9-6-4-2-3-5-8(11)10-13/h9H,2-7H2,1H3. The van der Waals surface area contributed by atoms with Crippen molar-refractivity contribution in [2.75, 3.05) is 20.4 Å². The van der Waals surface area contributed by atoms with E-state index in [0.29, 0.717) is 13.2 Å². The lowest BCUT2D eigenvalue weighted by Crippen LogP contribution is -2.17. The molecule has 0 atom stereocenters. The SMILES string of the molecule is COCNCCCCCC(=O)N=S. The van der Waals surface area contributed by atoms with E-state index < -0.39 is 0 Å². The molecule has 0 rings (SSSR count). The van der Waals surface area contributed by atoms with E-state index in [-0.39, 0.29) is 5.91 Å². The molecule has 0 fully saturated rings. The Labute approximate surface area is 84.2 Å². The van der Waals surface area contributed by atoms with E-state index in [9.17, 15) is 4.79 Å². The number of nitrogens with one attached hydrogen (secondary N) is 1. The van der Waals surface area contributed by atoms with Crippen LogP contribution >= 0.6 is 0 Å². The molecular weight excluding hydrogens is 188 g/mol. The number of methoxy groups -OCH3 is 1. The Morgan fingerprint density at radius 3 is 2.85 bits per heavy atom. The number of unbranched alkanes of at least 4 members (excludes halogenated alkanes) is 2. The van der Waals surface area contributed by atoms with Crippen LogP contribution in [0.2, 0.25) is 0 Å². The van der Waals surface area contributed by atoms with Gasteiger partial charge in [-0.15, -0.1) is 4.36 Å². The molecular formula is C8H16N2O2S. The first-order valence-corrected chi connectivity index (χ1v) is 4.73. The average molecular weight is 204 g/mol. The van der Waals surface area contributed by atoms with Gasteiger partial charge >= 0.3 is 0 Å². The van der Waals surface area contributed by atoms with Crippen LogP contribution < -0.4 is 5.32 Å². The number of carbonyl (C=O) groups is 1. The number of carbonyl (C=O) groups excluding carboxylic acids is 1. The largest absolute Gasteiger partial charge is 0.370 e. The number of ether oxygens (including phenoxy) is 1. The van der Waals surface area contributed by atoms with Crippen LogP contribution in [-0.4, -0.2) is 26.3 Å². The van der Waals surface area contributed by atoms with E-state index in [4.69, 9.17) is 4.74 Å². The Hall–Kier alpha value is -0.390. The summed E-state index contributed by atoms with van der Waals surface area (Å²) in [7, 11) is 1.65. The Balaban J connectivity index is 2.99. The summed E-state index contributed by atoms with van der Waals surface area (Å²) in [6.07, 6.45) is 3.42. The van der Waals surface area contributed by atoms with Crippen LogP contribution in [0.15, 0.2) is 4.36 Å².